The Morgan fingerprint density at radius 2 is 2.29 bits per heavy atom. The van der Waals surface area contributed by atoms with E-state index in [9.17, 15) is 0 Å². The average molecular weight is 208 g/mol. The number of hydrogen-bond donors (Lipinski definition) is 2. The number of fused-ring (bicyclic) bond motifs is 1. The highest BCUT2D eigenvalue weighted by molar-refractivity contribution is 7.98. The van der Waals surface area contributed by atoms with Gasteiger partial charge in [0, 0.05) is 12.2 Å². The number of aromatic amines is 1. The van der Waals surface area contributed by atoms with Gasteiger partial charge < -0.3 is 10.7 Å². The highest BCUT2D eigenvalue weighted by Crippen LogP contribution is 2.11. The van der Waals surface area contributed by atoms with Gasteiger partial charge in [-0.25, -0.2) is 9.97 Å². The van der Waals surface area contributed by atoms with Crippen LogP contribution in [0.1, 0.15) is 5.82 Å². The topological polar surface area (TPSA) is 67.6 Å². The molecular formula is C9H12N4S. The van der Waals surface area contributed by atoms with Crippen LogP contribution in [-0.4, -0.2) is 27.0 Å². The first-order valence-corrected chi connectivity index (χ1v) is 5.79. The van der Waals surface area contributed by atoms with Crippen molar-refractivity contribution in [3.8, 4) is 0 Å². The number of nitrogen functional groups attached to an aromatic ring is 1. The van der Waals surface area contributed by atoms with Gasteiger partial charge in [0.05, 0.1) is 5.52 Å². The summed E-state index contributed by atoms with van der Waals surface area (Å²) in [6.45, 7) is 0. The lowest BCUT2D eigenvalue weighted by Crippen LogP contribution is -1.90. The lowest BCUT2D eigenvalue weighted by Gasteiger charge is -1.90. The summed E-state index contributed by atoms with van der Waals surface area (Å²) >= 11 is 1.80. The number of nitrogens with two attached hydrogens (primary N) is 1. The van der Waals surface area contributed by atoms with Crippen LogP contribution in [-0.2, 0) is 6.42 Å². The van der Waals surface area contributed by atoms with E-state index in [1.165, 1.54) is 0 Å². The number of anilines is 1. The molecule has 74 valence electrons. The number of aryl methyl sites for hydroxylation is 1. The fourth-order valence-electron chi connectivity index (χ4n) is 1.27. The minimum absolute atomic E-state index is 0.514. The highest BCUT2D eigenvalue weighted by Gasteiger charge is 2.03. The van der Waals surface area contributed by atoms with E-state index in [1.54, 1.807) is 17.8 Å². The Kier molecular flexibility index (Phi) is 2.58. The molecule has 2 aromatic rings. The minimum atomic E-state index is 0.514. The van der Waals surface area contributed by atoms with Crippen molar-refractivity contribution in [1.82, 2.24) is 15.0 Å². The van der Waals surface area contributed by atoms with E-state index in [0.29, 0.717) is 11.5 Å². The molecule has 0 atom stereocenters. The van der Waals surface area contributed by atoms with Crippen LogP contribution in [0.4, 0.5) is 5.82 Å². The SMILES string of the molecule is CSCCc1nc2nc(N)ccc2[nH]1. The maximum absolute atomic E-state index is 5.56. The Labute approximate surface area is 86.3 Å². The van der Waals surface area contributed by atoms with Gasteiger partial charge in [0.2, 0.25) is 0 Å². The van der Waals surface area contributed by atoms with E-state index in [1.807, 2.05) is 6.07 Å². The number of imidazole rings is 1. The molecular weight excluding hydrogens is 196 g/mol. The van der Waals surface area contributed by atoms with Crippen molar-refractivity contribution in [2.75, 3.05) is 17.7 Å². The van der Waals surface area contributed by atoms with Crippen LogP contribution in [0.3, 0.4) is 0 Å². The molecule has 0 radical (unpaired) electrons. The molecule has 4 nitrogen and oxygen atoms in total. The van der Waals surface area contributed by atoms with Gasteiger partial charge in [0.15, 0.2) is 5.65 Å². The van der Waals surface area contributed by atoms with Gasteiger partial charge in [-0.2, -0.15) is 11.8 Å². The predicted octanol–water partition coefficient (Wildman–Crippen LogP) is 1.45. The number of nitrogens with zero attached hydrogens (tertiary/aromatic N) is 2. The van der Waals surface area contributed by atoms with Gasteiger partial charge in [0.1, 0.15) is 11.6 Å². The smallest absolute Gasteiger partial charge is 0.179 e. The van der Waals surface area contributed by atoms with Crippen LogP contribution < -0.4 is 5.73 Å². The number of H-pyrrole nitrogens is 1. The lowest BCUT2D eigenvalue weighted by molar-refractivity contribution is 1.01. The normalized spacial score (nSPS) is 10.9. The summed E-state index contributed by atoms with van der Waals surface area (Å²) in [4.78, 5) is 11.7. The summed E-state index contributed by atoms with van der Waals surface area (Å²) in [5.74, 6) is 2.56. The number of pyridine rings is 1. The van der Waals surface area contributed by atoms with Crippen LogP contribution in [0.5, 0.6) is 0 Å². The lowest BCUT2D eigenvalue weighted by atomic mass is 10.4. The standard InChI is InChI=1S/C9H12N4S/c1-14-5-4-8-11-6-2-3-7(10)12-9(6)13-8/h2-3H,4-5H2,1H3,(H3,10,11,12,13). The first-order chi connectivity index (χ1) is 6.79. The van der Waals surface area contributed by atoms with Gasteiger partial charge in [-0.1, -0.05) is 0 Å². The summed E-state index contributed by atoms with van der Waals surface area (Å²) in [5, 5.41) is 0. The van der Waals surface area contributed by atoms with Crippen LogP contribution in [0.15, 0.2) is 12.1 Å². The molecule has 0 aliphatic heterocycles. The van der Waals surface area contributed by atoms with Gasteiger partial charge in [-0.05, 0) is 18.4 Å². The van der Waals surface area contributed by atoms with E-state index in [0.717, 1.165) is 23.5 Å². The molecule has 0 bridgehead atoms. The Balaban J connectivity index is 2.32. The molecule has 2 heterocycles. The molecule has 0 amide bonds. The molecule has 0 unspecified atom stereocenters. The Morgan fingerprint density at radius 3 is 3.07 bits per heavy atom. The molecule has 0 aliphatic rings. The van der Waals surface area contributed by atoms with E-state index in [4.69, 9.17) is 5.73 Å². The second-order valence-electron chi connectivity index (χ2n) is 3.03. The molecule has 0 saturated heterocycles. The summed E-state index contributed by atoms with van der Waals surface area (Å²) in [7, 11) is 0. The monoisotopic (exact) mass is 208 g/mol. The fraction of sp³-hybridized carbons (Fsp3) is 0.333. The zero-order valence-corrected chi connectivity index (χ0v) is 8.77. The summed E-state index contributed by atoms with van der Waals surface area (Å²) in [6, 6.07) is 3.69. The molecule has 0 fully saturated rings. The molecule has 5 heteroatoms. The van der Waals surface area contributed by atoms with Crippen LogP contribution in [0.25, 0.3) is 11.2 Å². The third kappa shape index (κ3) is 1.82. The summed E-state index contributed by atoms with van der Waals surface area (Å²) < 4.78 is 0. The highest BCUT2D eigenvalue weighted by atomic mass is 32.2. The van der Waals surface area contributed by atoms with Gasteiger partial charge >= 0.3 is 0 Å². The summed E-state index contributed by atoms with van der Waals surface area (Å²) in [5.41, 5.74) is 7.23. The van der Waals surface area contributed by atoms with E-state index < -0.39 is 0 Å². The van der Waals surface area contributed by atoms with Crippen molar-refractivity contribution in [3.05, 3.63) is 18.0 Å². The Hall–Kier alpha value is -1.23. The third-order valence-electron chi connectivity index (χ3n) is 1.96. The van der Waals surface area contributed by atoms with Crippen LogP contribution in [0, 0.1) is 0 Å². The second-order valence-corrected chi connectivity index (χ2v) is 4.02. The number of hydrogen-bond acceptors (Lipinski definition) is 4. The quantitative estimate of drug-likeness (QED) is 0.801. The third-order valence-corrected chi connectivity index (χ3v) is 2.57. The Bertz CT molecular complexity index is 437. The van der Waals surface area contributed by atoms with Crippen molar-refractivity contribution >= 4 is 28.7 Å². The average Bonchev–Trinajstić information content (AvgIpc) is 2.56. The van der Waals surface area contributed by atoms with E-state index in [-0.39, 0.29) is 0 Å². The van der Waals surface area contributed by atoms with Crippen molar-refractivity contribution in [2.45, 2.75) is 6.42 Å². The van der Waals surface area contributed by atoms with E-state index >= 15 is 0 Å². The van der Waals surface area contributed by atoms with Crippen molar-refractivity contribution in [2.24, 2.45) is 0 Å². The van der Waals surface area contributed by atoms with Crippen molar-refractivity contribution in [1.29, 1.82) is 0 Å². The maximum atomic E-state index is 5.56. The minimum Gasteiger partial charge on any atom is -0.384 e. The molecule has 2 rings (SSSR count). The molecule has 0 aromatic carbocycles. The molecule has 0 saturated carbocycles. The molecule has 14 heavy (non-hydrogen) atoms. The number of thioether (sulfide) groups is 1. The molecule has 0 aliphatic carbocycles. The largest absolute Gasteiger partial charge is 0.384 e. The van der Waals surface area contributed by atoms with Crippen LogP contribution in [0.2, 0.25) is 0 Å². The number of nitrogens with one attached hydrogen (secondary N) is 1. The zero-order chi connectivity index (χ0) is 9.97. The second kappa shape index (κ2) is 3.88. The van der Waals surface area contributed by atoms with Crippen molar-refractivity contribution < 1.29 is 0 Å². The van der Waals surface area contributed by atoms with Crippen LogP contribution >= 0.6 is 11.8 Å². The number of aromatic nitrogens is 3. The first kappa shape index (κ1) is 9.33. The summed E-state index contributed by atoms with van der Waals surface area (Å²) in [6.07, 6.45) is 3.02. The van der Waals surface area contributed by atoms with Crippen molar-refractivity contribution in [3.63, 3.8) is 0 Å². The number of rotatable bonds is 3. The first-order valence-electron chi connectivity index (χ1n) is 4.39. The van der Waals surface area contributed by atoms with Gasteiger partial charge in [-0.15, -0.1) is 0 Å². The Morgan fingerprint density at radius 1 is 1.43 bits per heavy atom. The van der Waals surface area contributed by atoms with E-state index in [2.05, 4.69) is 21.2 Å². The fourth-order valence-corrected chi connectivity index (χ4v) is 1.67. The predicted molar refractivity (Wildman–Crippen MR) is 60.4 cm³/mol. The molecule has 2 aromatic heterocycles. The van der Waals surface area contributed by atoms with Gasteiger partial charge in [0.25, 0.3) is 0 Å². The molecule has 0 spiro atoms. The van der Waals surface area contributed by atoms with Gasteiger partial charge in [-0.3, -0.25) is 0 Å². The molecule has 3 N–H and O–H groups in total. The maximum Gasteiger partial charge on any atom is 0.179 e. The zero-order valence-electron chi connectivity index (χ0n) is 7.95.